The average Bonchev–Trinajstić information content (AvgIpc) is 2.14. The van der Waals surface area contributed by atoms with Crippen LogP contribution in [0, 0.1) is 0 Å². The summed E-state index contributed by atoms with van der Waals surface area (Å²) in [6, 6.07) is 0. The number of allylic oxidation sites excluding steroid dienone is 3. The molecule has 86 valence electrons. The molecule has 0 fully saturated rings. The molecule has 0 unspecified atom stereocenters. The molecule has 1 amide bonds. The predicted octanol–water partition coefficient (Wildman–Crippen LogP) is 2.00. The van der Waals surface area contributed by atoms with Crippen molar-refractivity contribution in [2.45, 2.75) is 20.8 Å². The number of nitrogens with zero attached hydrogens (tertiary/aromatic N) is 2. The number of aliphatic imine (C=N–C) groups is 2. The van der Waals surface area contributed by atoms with Crippen LogP contribution in [-0.2, 0) is 4.79 Å². The van der Waals surface area contributed by atoms with Crippen molar-refractivity contribution < 1.29 is 4.79 Å². The Hall–Kier alpha value is -1.97. The summed E-state index contributed by atoms with van der Waals surface area (Å²) in [6.07, 6.45) is 3.09. The zero-order chi connectivity index (χ0) is 12.7. The molecular weight excluding hydrogens is 202 g/mol. The third-order valence-electron chi connectivity index (χ3n) is 1.61. The van der Waals surface area contributed by atoms with E-state index >= 15 is 0 Å². The van der Waals surface area contributed by atoms with Crippen LogP contribution in [0.4, 0.5) is 0 Å². The largest absolute Gasteiger partial charge is 0.366 e. The Morgan fingerprint density at radius 3 is 2.19 bits per heavy atom. The molecule has 0 aromatic heterocycles. The summed E-state index contributed by atoms with van der Waals surface area (Å²) < 4.78 is 0. The van der Waals surface area contributed by atoms with Gasteiger partial charge in [0.25, 0.3) is 0 Å². The van der Waals surface area contributed by atoms with Gasteiger partial charge in [-0.3, -0.25) is 4.79 Å². The molecule has 0 saturated carbocycles. The van der Waals surface area contributed by atoms with Crippen molar-refractivity contribution in [1.29, 1.82) is 0 Å². The Labute approximate surface area is 96.0 Å². The molecule has 0 heterocycles. The van der Waals surface area contributed by atoms with Gasteiger partial charge in [-0.15, -0.1) is 0 Å². The van der Waals surface area contributed by atoms with Crippen LogP contribution >= 0.6 is 0 Å². The maximum Gasteiger partial charge on any atom is 0.244 e. The van der Waals surface area contributed by atoms with Gasteiger partial charge < -0.3 is 5.73 Å². The molecule has 0 radical (unpaired) electrons. The van der Waals surface area contributed by atoms with Gasteiger partial charge in [0.1, 0.15) is 5.84 Å². The fourth-order valence-electron chi connectivity index (χ4n) is 0.918. The van der Waals surface area contributed by atoms with Crippen LogP contribution < -0.4 is 5.73 Å². The molecule has 0 aromatic rings. The number of rotatable bonds is 4. The minimum atomic E-state index is -0.482. The van der Waals surface area contributed by atoms with E-state index in [-0.39, 0.29) is 0 Å². The number of hydrogen-bond acceptors (Lipinski definition) is 2. The Kier molecular flexibility index (Phi) is 5.70. The third-order valence-corrected chi connectivity index (χ3v) is 1.61. The quantitative estimate of drug-likeness (QED) is 0.438. The van der Waals surface area contributed by atoms with E-state index in [4.69, 9.17) is 5.73 Å². The Bertz CT molecular complexity index is 400. The number of primary amides is 1. The zero-order valence-corrected chi connectivity index (χ0v) is 9.95. The molecule has 0 aromatic carbocycles. The Morgan fingerprint density at radius 2 is 1.81 bits per heavy atom. The van der Waals surface area contributed by atoms with Crippen molar-refractivity contribution in [2.24, 2.45) is 15.7 Å². The lowest BCUT2D eigenvalue weighted by Crippen LogP contribution is -2.12. The number of carbonyl (C=O) groups excluding carboxylic acids is 1. The van der Waals surface area contributed by atoms with Crippen molar-refractivity contribution in [1.82, 2.24) is 0 Å². The fourth-order valence-corrected chi connectivity index (χ4v) is 0.918. The van der Waals surface area contributed by atoms with Gasteiger partial charge in [-0.25, -0.2) is 9.98 Å². The Balaban J connectivity index is 5.09. The summed E-state index contributed by atoms with van der Waals surface area (Å²) in [7, 11) is 0. The van der Waals surface area contributed by atoms with Crippen LogP contribution in [0.1, 0.15) is 20.8 Å². The molecule has 0 bridgehead atoms. The molecule has 4 heteroatoms. The van der Waals surface area contributed by atoms with Crippen LogP contribution in [0.15, 0.2) is 46.6 Å². The van der Waals surface area contributed by atoms with Crippen LogP contribution in [-0.4, -0.2) is 17.5 Å². The van der Waals surface area contributed by atoms with Gasteiger partial charge in [0.15, 0.2) is 0 Å². The first kappa shape index (κ1) is 14.0. The predicted molar refractivity (Wildman–Crippen MR) is 68.5 cm³/mol. The molecule has 0 aliphatic carbocycles. The monoisotopic (exact) mass is 219 g/mol. The van der Waals surface area contributed by atoms with Gasteiger partial charge in [-0.2, -0.15) is 0 Å². The second kappa shape index (κ2) is 6.50. The van der Waals surface area contributed by atoms with E-state index in [0.717, 1.165) is 0 Å². The highest BCUT2D eigenvalue weighted by molar-refractivity contribution is 6.12. The maximum absolute atomic E-state index is 10.8. The van der Waals surface area contributed by atoms with E-state index in [0.29, 0.717) is 22.8 Å². The van der Waals surface area contributed by atoms with Gasteiger partial charge in [-0.1, -0.05) is 13.2 Å². The summed E-state index contributed by atoms with van der Waals surface area (Å²) in [5.41, 5.74) is 6.74. The van der Waals surface area contributed by atoms with Crippen LogP contribution in [0.2, 0.25) is 0 Å². The molecule has 0 atom stereocenters. The molecular formula is C12H17N3O. The molecule has 0 saturated heterocycles. The van der Waals surface area contributed by atoms with Gasteiger partial charge >= 0.3 is 0 Å². The first-order valence-corrected chi connectivity index (χ1v) is 4.77. The van der Waals surface area contributed by atoms with E-state index in [1.165, 1.54) is 6.08 Å². The second-order valence-corrected chi connectivity index (χ2v) is 3.33. The smallest absolute Gasteiger partial charge is 0.244 e. The highest BCUT2D eigenvalue weighted by Crippen LogP contribution is 1.97. The van der Waals surface area contributed by atoms with Crippen LogP contribution in [0.3, 0.4) is 0 Å². The van der Waals surface area contributed by atoms with Crippen molar-refractivity contribution in [2.75, 3.05) is 0 Å². The average molecular weight is 219 g/mol. The number of hydrogen-bond donors (Lipinski definition) is 1. The highest BCUT2D eigenvalue weighted by Gasteiger charge is 1.98. The van der Waals surface area contributed by atoms with Crippen LogP contribution in [0.5, 0.6) is 0 Å². The van der Waals surface area contributed by atoms with Crippen molar-refractivity contribution in [3.8, 4) is 0 Å². The number of nitrogens with two attached hydrogens (primary N) is 1. The molecule has 0 aliphatic heterocycles. The Morgan fingerprint density at radius 1 is 1.25 bits per heavy atom. The first-order valence-electron chi connectivity index (χ1n) is 4.77. The van der Waals surface area contributed by atoms with E-state index in [9.17, 15) is 4.79 Å². The van der Waals surface area contributed by atoms with Gasteiger partial charge in [0.05, 0.1) is 5.71 Å². The van der Waals surface area contributed by atoms with Gasteiger partial charge in [-0.05, 0) is 32.9 Å². The second-order valence-electron chi connectivity index (χ2n) is 3.33. The van der Waals surface area contributed by atoms with E-state index < -0.39 is 5.91 Å². The standard InChI is InChI=1S/C12H17N3O/c1-6-11(7-9(4)12(13)16)15-10(5)14-8(2)3/h6-7H,1-2H2,3-5H3,(H2,13,16)/b9-7+,14-10?,15-11?. The summed E-state index contributed by atoms with van der Waals surface area (Å²) in [6.45, 7) is 12.4. The lowest BCUT2D eigenvalue weighted by Gasteiger charge is -1.97. The number of amides is 1. The van der Waals surface area contributed by atoms with Crippen molar-refractivity contribution in [3.05, 3.63) is 36.6 Å². The highest BCUT2D eigenvalue weighted by atomic mass is 16.1. The van der Waals surface area contributed by atoms with Crippen molar-refractivity contribution >= 4 is 17.5 Å². The molecule has 0 rings (SSSR count). The van der Waals surface area contributed by atoms with Crippen molar-refractivity contribution in [3.63, 3.8) is 0 Å². The molecule has 0 aliphatic rings. The van der Waals surface area contributed by atoms with E-state index in [1.54, 1.807) is 26.8 Å². The summed E-state index contributed by atoms with van der Waals surface area (Å²) >= 11 is 0. The van der Waals surface area contributed by atoms with Gasteiger partial charge in [0.2, 0.25) is 5.91 Å². The summed E-state index contributed by atoms with van der Waals surface area (Å²) in [4.78, 5) is 19.1. The normalized spacial score (nSPS) is 13.6. The topological polar surface area (TPSA) is 67.8 Å². The lowest BCUT2D eigenvalue weighted by atomic mass is 10.2. The minimum Gasteiger partial charge on any atom is -0.366 e. The lowest BCUT2D eigenvalue weighted by molar-refractivity contribution is -0.114. The third kappa shape index (κ3) is 5.70. The zero-order valence-electron chi connectivity index (χ0n) is 9.95. The molecule has 0 spiro atoms. The SMILES string of the molecule is C=CC(/C=C(\C)C(N)=O)=NC(C)=NC(=C)C. The maximum atomic E-state index is 10.8. The molecule has 16 heavy (non-hydrogen) atoms. The first-order chi connectivity index (χ1) is 7.36. The van der Waals surface area contributed by atoms with E-state index in [2.05, 4.69) is 23.1 Å². The van der Waals surface area contributed by atoms with Gasteiger partial charge in [0, 0.05) is 11.3 Å². The fraction of sp³-hybridized carbons (Fsp3) is 0.250. The summed E-state index contributed by atoms with van der Waals surface area (Å²) in [5.74, 6) is 0.0694. The molecule has 2 N–H and O–H groups in total. The minimum absolute atomic E-state index is 0.418. The number of carbonyl (C=O) groups is 1. The number of amidine groups is 1. The van der Waals surface area contributed by atoms with Crippen LogP contribution in [0.25, 0.3) is 0 Å². The molecule has 4 nitrogen and oxygen atoms in total. The van der Waals surface area contributed by atoms with E-state index in [1.807, 2.05) is 0 Å². The summed E-state index contributed by atoms with van der Waals surface area (Å²) in [5, 5.41) is 0.